The van der Waals surface area contributed by atoms with Crippen LogP contribution in [-0.4, -0.2) is 48.8 Å². The molecule has 0 fully saturated rings. The topological polar surface area (TPSA) is 49.8 Å². The maximum absolute atomic E-state index is 10.6. The quantitative estimate of drug-likeness (QED) is 0.701. The summed E-state index contributed by atoms with van der Waals surface area (Å²) < 4.78 is 5.19. The van der Waals surface area contributed by atoms with Crippen molar-refractivity contribution in [3.05, 3.63) is 0 Å². The Morgan fingerprint density at radius 3 is 2.29 bits per heavy atom. The van der Waals surface area contributed by atoms with Crippen LogP contribution in [0.5, 0.6) is 0 Å². The van der Waals surface area contributed by atoms with Crippen LogP contribution >= 0.6 is 0 Å². The summed E-state index contributed by atoms with van der Waals surface area (Å²) in [4.78, 5) is 12.6. The number of hydrogen-bond donors (Lipinski definition) is 1. The molecule has 0 amide bonds. The fourth-order valence-corrected chi connectivity index (χ4v) is 1.23. The highest BCUT2D eigenvalue weighted by molar-refractivity contribution is 5.69. The van der Waals surface area contributed by atoms with Gasteiger partial charge in [-0.25, -0.2) is 0 Å². The second-order valence-electron chi connectivity index (χ2n) is 3.86. The van der Waals surface area contributed by atoms with E-state index in [0.717, 1.165) is 0 Å². The van der Waals surface area contributed by atoms with Gasteiger partial charge >= 0.3 is 5.97 Å². The molecule has 0 spiro atoms. The molecular weight excluding hydrogens is 182 g/mol. The summed E-state index contributed by atoms with van der Waals surface area (Å²) in [6.45, 7) is 6.27. The Hall–Kier alpha value is -0.610. The summed E-state index contributed by atoms with van der Waals surface area (Å²) in [6, 6.07) is 0.224. The minimum absolute atomic E-state index is 0.112. The number of aliphatic carboxylic acids is 1. The van der Waals surface area contributed by atoms with E-state index in [4.69, 9.17) is 9.84 Å². The number of hydrogen-bond acceptors (Lipinski definition) is 3. The van der Waals surface area contributed by atoms with Crippen LogP contribution in [0.15, 0.2) is 0 Å². The molecule has 0 saturated heterocycles. The maximum atomic E-state index is 10.6. The summed E-state index contributed by atoms with van der Waals surface area (Å²) >= 11 is 0. The van der Waals surface area contributed by atoms with Crippen LogP contribution in [0.4, 0.5) is 0 Å². The molecule has 3 atom stereocenters. The number of methoxy groups -OCH3 is 1. The maximum Gasteiger partial charge on any atom is 0.307 e. The molecule has 0 aliphatic rings. The minimum Gasteiger partial charge on any atom is -0.481 e. The van der Waals surface area contributed by atoms with E-state index >= 15 is 0 Å². The highest BCUT2D eigenvalue weighted by atomic mass is 16.5. The van der Waals surface area contributed by atoms with Gasteiger partial charge in [0.2, 0.25) is 0 Å². The number of ether oxygens (including phenoxy) is 1. The van der Waals surface area contributed by atoms with Gasteiger partial charge in [-0.05, 0) is 20.9 Å². The highest BCUT2D eigenvalue weighted by Gasteiger charge is 2.20. The van der Waals surface area contributed by atoms with Gasteiger partial charge in [0.15, 0.2) is 0 Å². The second kappa shape index (κ2) is 5.98. The van der Waals surface area contributed by atoms with Crippen LogP contribution in [0.1, 0.15) is 20.8 Å². The number of rotatable bonds is 6. The van der Waals surface area contributed by atoms with Gasteiger partial charge in [-0.2, -0.15) is 0 Å². The summed E-state index contributed by atoms with van der Waals surface area (Å²) in [7, 11) is 3.58. The van der Waals surface area contributed by atoms with Crippen LogP contribution < -0.4 is 0 Å². The van der Waals surface area contributed by atoms with Crippen LogP contribution in [0.2, 0.25) is 0 Å². The number of carboxylic acid groups (broad SMARTS) is 1. The third kappa shape index (κ3) is 4.07. The standard InChI is InChI=1S/C10H21NO3/c1-7(10(12)13)6-11(4)8(2)9(3)14-5/h7-9H,6H2,1-5H3,(H,12,13). The van der Waals surface area contributed by atoms with Crippen molar-refractivity contribution in [1.29, 1.82) is 0 Å². The molecular formula is C10H21NO3. The van der Waals surface area contributed by atoms with E-state index in [9.17, 15) is 4.79 Å². The Kier molecular flexibility index (Phi) is 5.72. The first-order chi connectivity index (χ1) is 6.40. The van der Waals surface area contributed by atoms with Crippen molar-refractivity contribution in [2.45, 2.75) is 32.9 Å². The van der Waals surface area contributed by atoms with Crippen LogP contribution in [-0.2, 0) is 9.53 Å². The van der Waals surface area contributed by atoms with Crippen molar-refractivity contribution >= 4 is 5.97 Å². The van der Waals surface area contributed by atoms with E-state index in [2.05, 4.69) is 0 Å². The van der Waals surface area contributed by atoms with Crippen LogP contribution in [0, 0.1) is 5.92 Å². The van der Waals surface area contributed by atoms with Gasteiger partial charge in [0.1, 0.15) is 0 Å². The Morgan fingerprint density at radius 2 is 1.93 bits per heavy atom. The molecule has 0 aliphatic carbocycles. The zero-order chi connectivity index (χ0) is 11.3. The normalized spacial score (nSPS) is 17.9. The molecule has 3 unspecified atom stereocenters. The van der Waals surface area contributed by atoms with E-state index in [1.165, 1.54) is 0 Å². The van der Waals surface area contributed by atoms with Gasteiger partial charge in [0.25, 0.3) is 0 Å². The molecule has 4 heteroatoms. The van der Waals surface area contributed by atoms with E-state index in [1.54, 1.807) is 14.0 Å². The first-order valence-electron chi connectivity index (χ1n) is 4.86. The smallest absolute Gasteiger partial charge is 0.307 e. The Balaban J connectivity index is 4.06. The number of carbonyl (C=O) groups is 1. The van der Waals surface area contributed by atoms with Crippen molar-refractivity contribution in [3.8, 4) is 0 Å². The molecule has 4 nitrogen and oxygen atoms in total. The Labute approximate surface area is 85.9 Å². The van der Waals surface area contributed by atoms with E-state index in [1.807, 2.05) is 25.8 Å². The first kappa shape index (κ1) is 13.4. The summed E-state index contributed by atoms with van der Waals surface area (Å²) in [5, 5.41) is 8.75. The third-order valence-electron chi connectivity index (χ3n) is 2.73. The first-order valence-corrected chi connectivity index (χ1v) is 4.86. The number of nitrogens with zero attached hydrogens (tertiary/aromatic N) is 1. The number of carboxylic acids is 1. The lowest BCUT2D eigenvalue weighted by Gasteiger charge is -2.29. The van der Waals surface area contributed by atoms with E-state index in [-0.39, 0.29) is 18.1 Å². The van der Waals surface area contributed by atoms with E-state index in [0.29, 0.717) is 6.54 Å². The fraction of sp³-hybridized carbons (Fsp3) is 0.900. The third-order valence-corrected chi connectivity index (χ3v) is 2.73. The molecule has 1 N–H and O–H groups in total. The Bertz CT molecular complexity index is 184. The highest BCUT2D eigenvalue weighted by Crippen LogP contribution is 2.07. The monoisotopic (exact) mass is 203 g/mol. The molecule has 14 heavy (non-hydrogen) atoms. The lowest BCUT2D eigenvalue weighted by atomic mass is 10.1. The van der Waals surface area contributed by atoms with Crippen molar-refractivity contribution in [2.24, 2.45) is 5.92 Å². The fourth-order valence-electron chi connectivity index (χ4n) is 1.23. The van der Waals surface area contributed by atoms with Crippen molar-refractivity contribution in [3.63, 3.8) is 0 Å². The molecule has 84 valence electrons. The SMILES string of the molecule is COC(C)C(C)N(C)CC(C)C(=O)O. The second-order valence-corrected chi connectivity index (χ2v) is 3.86. The van der Waals surface area contributed by atoms with Crippen LogP contribution in [0.25, 0.3) is 0 Å². The summed E-state index contributed by atoms with van der Waals surface area (Å²) in [6.07, 6.45) is 0.112. The van der Waals surface area contributed by atoms with Crippen LogP contribution in [0.3, 0.4) is 0 Å². The summed E-state index contributed by atoms with van der Waals surface area (Å²) in [5.41, 5.74) is 0. The zero-order valence-electron chi connectivity index (χ0n) is 9.65. The summed E-state index contributed by atoms with van der Waals surface area (Å²) in [5.74, 6) is -1.10. The van der Waals surface area contributed by atoms with Gasteiger partial charge in [-0.3, -0.25) is 4.79 Å². The van der Waals surface area contributed by atoms with Gasteiger partial charge in [-0.15, -0.1) is 0 Å². The number of likely N-dealkylation sites (N-methyl/N-ethyl adjacent to an activating group) is 1. The molecule has 0 rings (SSSR count). The van der Waals surface area contributed by atoms with Crippen molar-refractivity contribution < 1.29 is 14.6 Å². The average molecular weight is 203 g/mol. The van der Waals surface area contributed by atoms with Crippen molar-refractivity contribution in [1.82, 2.24) is 4.90 Å². The largest absolute Gasteiger partial charge is 0.481 e. The molecule has 0 radical (unpaired) electrons. The lowest BCUT2D eigenvalue weighted by molar-refractivity contribution is -0.142. The predicted octanol–water partition coefficient (Wildman–Crippen LogP) is 1.06. The molecule has 0 aromatic rings. The van der Waals surface area contributed by atoms with Gasteiger partial charge in [-0.1, -0.05) is 6.92 Å². The molecule has 0 heterocycles. The van der Waals surface area contributed by atoms with Gasteiger partial charge in [0.05, 0.1) is 12.0 Å². The lowest BCUT2D eigenvalue weighted by Crippen LogP contribution is -2.41. The van der Waals surface area contributed by atoms with Gasteiger partial charge < -0.3 is 14.7 Å². The molecule has 0 aliphatic heterocycles. The molecule has 0 saturated carbocycles. The molecule has 0 aromatic heterocycles. The molecule has 0 bridgehead atoms. The zero-order valence-corrected chi connectivity index (χ0v) is 9.65. The minimum atomic E-state index is -0.755. The molecule has 0 aromatic carbocycles. The van der Waals surface area contributed by atoms with E-state index < -0.39 is 5.97 Å². The average Bonchev–Trinajstić information content (AvgIpc) is 2.14. The predicted molar refractivity (Wildman–Crippen MR) is 55.4 cm³/mol. The van der Waals surface area contributed by atoms with Gasteiger partial charge in [0, 0.05) is 19.7 Å². The Morgan fingerprint density at radius 1 is 1.43 bits per heavy atom. The van der Waals surface area contributed by atoms with Crippen molar-refractivity contribution in [2.75, 3.05) is 20.7 Å².